The monoisotopic (exact) mass is 278 g/mol. The predicted molar refractivity (Wildman–Crippen MR) is 81.3 cm³/mol. The van der Waals surface area contributed by atoms with Gasteiger partial charge in [-0.3, -0.25) is 0 Å². The Morgan fingerprint density at radius 3 is 2.79 bits per heavy atom. The number of nitrogens with zero attached hydrogens (tertiary/aromatic N) is 1. The fourth-order valence-electron chi connectivity index (χ4n) is 4.69. The van der Waals surface area contributed by atoms with Gasteiger partial charge in [0.1, 0.15) is 5.01 Å². The Kier molecular flexibility index (Phi) is 3.25. The number of fused-ring (bicyclic) bond motifs is 2. The molecule has 0 radical (unpaired) electrons. The minimum Gasteiger partial charge on any atom is -0.304 e. The summed E-state index contributed by atoms with van der Waals surface area (Å²) in [5, 5.41) is 7.32. The Morgan fingerprint density at radius 1 is 1.47 bits per heavy atom. The van der Waals surface area contributed by atoms with Gasteiger partial charge in [0, 0.05) is 17.6 Å². The van der Waals surface area contributed by atoms with Crippen molar-refractivity contribution in [1.29, 1.82) is 0 Å². The van der Waals surface area contributed by atoms with Crippen LogP contribution in [0.15, 0.2) is 11.6 Å². The van der Waals surface area contributed by atoms with Crippen LogP contribution in [-0.2, 0) is 0 Å². The molecule has 0 amide bonds. The van der Waals surface area contributed by atoms with Gasteiger partial charge in [-0.1, -0.05) is 27.7 Å². The highest BCUT2D eigenvalue weighted by Gasteiger charge is 2.59. The van der Waals surface area contributed by atoms with E-state index in [4.69, 9.17) is 0 Å². The molecule has 1 N–H and O–H groups in total. The zero-order valence-electron chi connectivity index (χ0n) is 12.6. The average Bonchev–Trinajstić information content (AvgIpc) is 3.02. The molecule has 3 heteroatoms. The molecule has 0 aliphatic heterocycles. The van der Waals surface area contributed by atoms with Gasteiger partial charge in [-0.05, 0) is 42.4 Å². The van der Waals surface area contributed by atoms with Crippen LogP contribution in [0.25, 0.3) is 0 Å². The van der Waals surface area contributed by atoms with Crippen LogP contribution < -0.4 is 5.32 Å². The van der Waals surface area contributed by atoms with Crippen molar-refractivity contribution < 1.29 is 0 Å². The highest BCUT2D eigenvalue weighted by atomic mass is 32.1. The smallest absolute Gasteiger partial charge is 0.109 e. The molecule has 2 bridgehead atoms. The highest BCUT2D eigenvalue weighted by molar-refractivity contribution is 7.09. The molecule has 0 spiro atoms. The van der Waals surface area contributed by atoms with Crippen molar-refractivity contribution >= 4 is 11.3 Å². The maximum Gasteiger partial charge on any atom is 0.109 e. The first-order valence-corrected chi connectivity index (χ1v) is 8.51. The second kappa shape index (κ2) is 4.56. The van der Waals surface area contributed by atoms with Crippen LogP contribution in [-0.4, -0.2) is 11.0 Å². The lowest BCUT2D eigenvalue weighted by Gasteiger charge is -2.44. The molecule has 2 aliphatic rings. The van der Waals surface area contributed by atoms with Crippen molar-refractivity contribution in [2.24, 2.45) is 16.7 Å². The lowest BCUT2D eigenvalue weighted by Crippen LogP contribution is -2.51. The van der Waals surface area contributed by atoms with Crippen molar-refractivity contribution in [2.75, 3.05) is 0 Å². The molecule has 2 fully saturated rings. The molecular formula is C16H26N2S. The fourth-order valence-corrected chi connectivity index (χ4v) is 5.47. The van der Waals surface area contributed by atoms with Gasteiger partial charge in [-0.15, -0.1) is 11.3 Å². The van der Waals surface area contributed by atoms with Crippen LogP contribution in [0.3, 0.4) is 0 Å². The number of thiazole rings is 1. The maximum absolute atomic E-state index is 4.52. The van der Waals surface area contributed by atoms with Gasteiger partial charge >= 0.3 is 0 Å². The number of aromatic nitrogens is 1. The molecule has 3 rings (SSSR count). The van der Waals surface area contributed by atoms with Crippen molar-refractivity contribution in [1.82, 2.24) is 10.3 Å². The minimum absolute atomic E-state index is 0.428. The molecule has 2 saturated carbocycles. The molecule has 2 nitrogen and oxygen atoms in total. The Morgan fingerprint density at radius 2 is 2.26 bits per heavy atom. The highest BCUT2D eigenvalue weighted by Crippen LogP contribution is 2.62. The first kappa shape index (κ1) is 13.6. The second-order valence-corrected chi connectivity index (χ2v) is 8.27. The summed E-state index contributed by atoms with van der Waals surface area (Å²) < 4.78 is 0. The summed E-state index contributed by atoms with van der Waals surface area (Å²) in [6, 6.07) is 1.06. The number of hydrogen-bond donors (Lipinski definition) is 1. The van der Waals surface area contributed by atoms with E-state index in [1.54, 1.807) is 11.3 Å². The number of hydrogen-bond acceptors (Lipinski definition) is 3. The van der Waals surface area contributed by atoms with E-state index in [-0.39, 0.29) is 0 Å². The molecule has 4 atom stereocenters. The molecule has 19 heavy (non-hydrogen) atoms. The van der Waals surface area contributed by atoms with E-state index in [2.05, 4.69) is 43.4 Å². The van der Waals surface area contributed by atoms with E-state index < -0.39 is 0 Å². The van der Waals surface area contributed by atoms with E-state index in [1.165, 1.54) is 24.3 Å². The second-order valence-electron chi connectivity index (χ2n) is 7.35. The van der Waals surface area contributed by atoms with Crippen molar-refractivity contribution in [3.63, 3.8) is 0 Å². The lowest BCUT2D eigenvalue weighted by molar-refractivity contribution is 0.0975. The van der Waals surface area contributed by atoms with Gasteiger partial charge in [0.15, 0.2) is 0 Å². The summed E-state index contributed by atoms with van der Waals surface area (Å²) in [7, 11) is 0. The van der Waals surface area contributed by atoms with Crippen LogP contribution >= 0.6 is 11.3 Å². The van der Waals surface area contributed by atoms with Gasteiger partial charge in [0.2, 0.25) is 0 Å². The van der Waals surface area contributed by atoms with Gasteiger partial charge in [0.25, 0.3) is 0 Å². The standard InChI is InChI=1S/C16H26N2S/c1-5-12(13-17-8-9-19-13)18-14-15(2,3)11-6-7-16(14,4)10-11/h8-9,11-12,14,18H,5-7,10H2,1-4H3/t11-,12?,14?,16+/m0/s1. The summed E-state index contributed by atoms with van der Waals surface area (Å²) in [4.78, 5) is 4.52. The Hall–Kier alpha value is -0.410. The van der Waals surface area contributed by atoms with Crippen molar-refractivity contribution in [3.8, 4) is 0 Å². The Labute approximate surface area is 121 Å². The summed E-state index contributed by atoms with van der Waals surface area (Å²) in [5.41, 5.74) is 0.927. The molecule has 0 aromatic carbocycles. The van der Waals surface area contributed by atoms with E-state index in [0.717, 1.165) is 12.3 Å². The SMILES string of the molecule is CCC(NC1C(C)(C)[C@H]2CC[C@]1(C)C2)c1nccs1. The van der Waals surface area contributed by atoms with Crippen LogP contribution in [0.1, 0.15) is 64.4 Å². The van der Waals surface area contributed by atoms with Gasteiger partial charge in [-0.25, -0.2) is 4.98 Å². The maximum atomic E-state index is 4.52. The zero-order chi connectivity index (χ0) is 13.7. The fraction of sp³-hybridized carbons (Fsp3) is 0.812. The third kappa shape index (κ3) is 2.06. The molecule has 0 saturated heterocycles. The Balaban J connectivity index is 1.82. The summed E-state index contributed by atoms with van der Waals surface area (Å²) in [5.74, 6) is 0.906. The van der Waals surface area contributed by atoms with Crippen LogP contribution in [0.4, 0.5) is 0 Å². The molecular weight excluding hydrogens is 252 g/mol. The third-order valence-electron chi connectivity index (χ3n) is 5.80. The molecule has 1 aromatic heterocycles. The largest absolute Gasteiger partial charge is 0.304 e. The van der Waals surface area contributed by atoms with Gasteiger partial charge < -0.3 is 5.32 Å². The quantitative estimate of drug-likeness (QED) is 0.883. The average molecular weight is 278 g/mol. The number of rotatable bonds is 4. The lowest BCUT2D eigenvalue weighted by atomic mass is 9.68. The minimum atomic E-state index is 0.428. The summed E-state index contributed by atoms with van der Waals surface area (Å²) in [6.07, 6.45) is 7.29. The molecule has 106 valence electrons. The topological polar surface area (TPSA) is 24.9 Å². The third-order valence-corrected chi connectivity index (χ3v) is 6.68. The van der Waals surface area contributed by atoms with E-state index >= 15 is 0 Å². The molecule has 1 aromatic rings. The van der Waals surface area contributed by atoms with E-state index in [1.807, 2.05) is 6.20 Å². The van der Waals surface area contributed by atoms with Gasteiger partial charge in [0.05, 0.1) is 6.04 Å². The predicted octanol–water partition coefficient (Wildman–Crippen LogP) is 4.40. The van der Waals surface area contributed by atoms with E-state index in [9.17, 15) is 0 Å². The number of nitrogens with one attached hydrogen (secondary N) is 1. The molecule has 2 aliphatic carbocycles. The normalized spacial score (nSPS) is 37.7. The van der Waals surface area contributed by atoms with Crippen LogP contribution in [0, 0.1) is 16.7 Å². The van der Waals surface area contributed by atoms with Crippen LogP contribution in [0.2, 0.25) is 0 Å². The van der Waals surface area contributed by atoms with Crippen LogP contribution in [0.5, 0.6) is 0 Å². The van der Waals surface area contributed by atoms with Crippen molar-refractivity contribution in [2.45, 2.75) is 65.5 Å². The van der Waals surface area contributed by atoms with E-state index in [0.29, 0.717) is 22.9 Å². The Bertz CT molecular complexity index is 435. The summed E-state index contributed by atoms with van der Waals surface area (Å²) in [6.45, 7) is 9.69. The summed E-state index contributed by atoms with van der Waals surface area (Å²) >= 11 is 1.78. The zero-order valence-corrected chi connectivity index (χ0v) is 13.4. The van der Waals surface area contributed by atoms with Crippen molar-refractivity contribution in [3.05, 3.63) is 16.6 Å². The first-order valence-electron chi connectivity index (χ1n) is 7.63. The first-order chi connectivity index (χ1) is 8.97. The molecule has 2 unspecified atom stereocenters. The molecule has 1 heterocycles. The van der Waals surface area contributed by atoms with Gasteiger partial charge in [-0.2, -0.15) is 0 Å².